The number of halogens is 1. The number of fused-ring (bicyclic) bond motifs is 1. The Morgan fingerprint density at radius 2 is 1.70 bits per heavy atom. The van der Waals surface area contributed by atoms with Gasteiger partial charge in [0.05, 0.1) is 11.5 Å². The molecule has 0 saturated carbocycles. The summed E-state index contributed by atoms with van der Waals surface area (Å²) in [5.41, 5.74) is 3.02. The van der Waals surface area contributed by atoms with Crippen LogP contribution in [0.4, 0.5) is 5.69 Å². The molecule has 1 atom stereocenters. The molecule has 0 aliphatic carbocycles. The van der Waals surface area contributed by atoms with Crippen LogP contribution in [0.15, 0.2) is 53.0 Å². The van der Waals surface area contributed by atoms with Gasteiger partial charge in [-0.2, -0.15) is 0 Å². The predicted molar refractivity (Wildman–Crippen MR) is 110 cm³/mol. The molecular formula is C20H21BrN2O3S. The molecule has 142 valence electrons. The second-order valence-electron chi connectivity index (χ2n) is 7.01. The van der Waals surface area contributed by atoms with Crippen molar-refractivity contribution >= 4 is 37.4 Å². The minimum absolute atomic E-state index is 0.0153. The monoisotopic (exact) mass is 448 g/mol. The van der Waals surface area contributed by atoms with Crippen molar-refractivity contribution in [3.05, 3.63) is 64.1 Å². The average Bonchev–Trinajstić information content (AvgIpc) is 3.07. The van der Waals surface area contributed by atoms with Crippen molar-refractivity contribution in [3.8, 4) is 0 Å². The van der Waals surface area contributed by atoms with Crippen LogP contribution in [0.2, 0.25) is 0 Å². The van der Waals surface area contributed by atoms with Crippen molar-refractivity contribution in [1.82, 2.24) is 4.90 Å². The number of anilines is 1. The van der Waals surface area contributed by atoms with E-state index in [0.29, 0.717) is 19.6 Å². The number of sulfone groups is 1. The Kier molecular flexibility index (Phi) is 5.09. The topological polar surface area (TPSA) is 57.7 Å². The third-order valence-electron chi connectivity index (χ3n) is 5.30. The number of amides is 1. The molecule has 4 rings (SSSR count). The van der Waals surface area contributed by atoms with Crippen molar-refractivity contribution in [2.75, 3.05) is 36.0 Å². The van der Waals surface area contributed by atoms with Crippen molar-refractivity contribution in [2.45, 2.75) is 12.5 Å². The first kappa shape index (κ1) is 18.7. The lowest BCUT2D eigenvalue weighted by Crippen LogP contribution is -2.48. The molecule has 2 aliphatic rings. The van der Waals surface area contributed by atoms with Crippen LogP contribution < -0.4 is 4.90 Å². The molecule has 2 heterocycles. The van der Waals surface area contributed by atoms with Crippen molar-refractivity contribution in [1.29, 1.82) is 0 Å². The summed E-state index contributed by atoms with van der Waals surface area (Å²) < 4.78 is 24.7. The van der Waals surface area contributed by atoms with Crippen LogP contribution >= 0.6 is 15.9 Å². The normalized spacial score (nSPS) is 20.3. The van der Waals surface area contributed by atoms with Crippen molar-refractivity contribution < 1.29 is 13.2 Å². The molecule has 1 unspecified atom stereocenters. The molecule has 7 heteroatoms. The standard InChI is InChI=1S/C20H21BrN2O3S/c21-17-6-7-18-16(14-17)8-9-23(18)20(24)19(15-4-2-1-3-5-15)22-10-12-27(25,26)13-11-22/h1-7,14,19H,8-13H2. The molecular weight excluding hydrogens is 428 g/mol. The number of carbonyl (C=O) groups excluding carboxylic acids is 1. The van der Waals surface area contributed by atoms with Crippen LogP contribution in [0.1, 0.15) is 17.2 Å². The van der Waals surface area contributed by atoms with Gasteiger partial charge in [0, 0.05) is 29.8 Å². The summed E-state index contributed by atoms with van der Waals surface area (Å²) in [4.78, 5) is 17.4. The van der Waals surface area contributed by atoms with Crippen LogP contribution in [0.5, 0.6) is 0 Å². The highest BCUT2D eigenvalue weighted by molar-refractivity contribution is 9.10. The van der Waals surface area contributed by atoms with Gasteiger partial charge in [0.2, 0.25) is 5.91 Å². The van der Waals surface area contributed by atoms with Gasteiger partial charge in [-0.25, -0.2) is 8.42 Å². The molecule has 2 aromatic carbocycles. The smallest absolute Gasteiger partial charge is 0.248 e. The van der Waals surface area contributed by atoms with E-state index in [1.54, 1.807) is 0 Å². The Morgan fingerprint density at radius 1 is 1.00 bits per heavy atom. The summed E-state index contributed by atoms with van der Waals surface area (Å²) >= 11 is 3.49. The zero-order chi connectivity index (χ0) is 19.0. The van der Waals surface area contributed by atoms with Gasteiger partial charge in [0.15, 0.2) is 9.84 Å². The summed E-state index contributed by atoms with van der Waals surface area (Å²) in [6.45, 7) is 1.42. The highest BCUT2D eigenvalue weighted by Gasteiger charge is 2.37. The fourth-order valence-corrected chi connectivity index (χ4v) is 5.51. The first-order valence-electron chi connectivity index (χ1n) is 9.04. The molecule has 5 nitrogen and oxygen atoms in total. The van der Waals surface area contributed by atoms with E-state index in [1.165, 1.54) is 0 Å². The summed E-state index contributed by atoms with van der Waals surface area (Å²) in [5.74, 6) is 0.224. The highest BCUT2D eigenvalue weighted by Crippen LogP contribution is 2.34. The maximum atomic E-state index is 13.6. The van der Waals surface area contributed by atoms with E-state index in [-0.39, 0.29) is 17.4 Å². The van der Waals surface area contributed by atoms with E-state index in [0.717, 1.165) is 27.7 Å². The van der Waals surface area contributed by atoms with E-state index in [1.807, 2.05) is 52.3 Å². The van der Waals surface area contributed by atoms with Crippen LogP contribution in [-0.2, 0) is 21.1 Å². The second-order valence-corrected chi connectivity index (χ2v) is 10.2. The van der Waals surface area contributed by atoms with Gasteiger partial charge in [-0.05, 0) is 35.7 Å². The molecule has 1 saturated heterocycles. The summed E-state index contributed by atoms with van der Waals surface area (Å²) in [6.07, 6.45) is 0.830. The number of nitrogens with zero attached hydrogens (tertiary/aromatic N) is 2. The number of rotatable bonds is 3. The molecule has 1 fully saturated rings. The largest absolute Gasteiger partial charge is 0.310 e. The average molecular weight is 449 g/mol. The van der Waals surface area contributed by atoms with Crippen molar-refractivity contribution in [2.24, 2.45) is 0 Å². The van der Waals surface area contributed by atoms with Crippen LogP contribution in [0, 0.1) is 0 Å². The molecule has 2 aromatic rings. The summed E-state index contributed by atoms with van der Waals surface area (Å²) in [5, 5.41) is 0. The quantitative estimate of drug-likeness (QED) is 0.724. The van der Waals surface area contributed by atoms with Gasteiger partial charge in [0.25, 0.3) is 0 Å². The van der Waals surface area contributed by atoms with Gasteiger partial charge in [-0.15, -0.1) is 0 Å². The van der Waals surface area contributed by atoms with E-state index < -0.39 is 15.9 Å². The first-order valence-corrected chi connectivity index (χ1v) is 11.7. The molecule has 0 radical (unpaired) electrons. The van der Waals surface area contributed by atoms with Gasteiger partial charge in [-0.1, -0.05) is 46.3 Å². The minimum atomic E-state index is -3.00. The zero-order valence-electron chi connectivity index (χ0n) is 14.8. The Bertz CT molecular complexity index is 948. The SMILES string of the molecule is O=C(C(c1ccccc1)N1CCS(=O)(=O)CC1)N1CCc2cc(Br)ccc21. The van der Waals surface area contributed by atoms with E-state index in [4.69, 9.17) is 0 Å². The lowest BCUT2D eigenvalue weighted by atomic mass is 10.0. The van der Waals surface area contributed by atoms with Gasteiger partial charge in [-0.3, -0.25) is 9.69 Å². The van der Waals surface area contributed by atoms with Gasteiger partial charge >= 0.3 is 0 Å². The van der Waals surface area contributed by atoms with Gasteiger partial charge < -0.3 is 4.90 Å². The fraction of sp³-hybridized carbons (Fsp3) is 0.350. The van der Waals surface area contributed by atoms with E-state index >= 15 is 0 Å². The third kappa shape index (κ3) is 3.81. The second kappa shape index (κ2) is 7.37. The zero-order valence-corrected chi connectivity index (χ0v) is 17.2. The summed E-state index contributed by atoms with van der Waals surface area (Å²) in [6, 6.07) is 15.2. The lowest BCUT2D eigenvalue weighted by molar-refractivity contribution is -0.124. The number of carbonyl (C=O) groups is 1. The number of benzene rings is 2. The molecule has 0 N–H and O–H groups in total. The third-order valence-corrected chi connectivity index (χ3v) is 7.40. The highest BCUT2D eigenvalue weighted by atomic mass is 79.9. The van der Waals surface area contributed by atoms with E-state index in [2.05, 4.69) is 22.0 Å². The van der Waals surface area contributed by atoms with Gasteiger partial charge in [0.1, 0.15) is 6.04 Å². The number of hydrogen-bond acceptors (Lipinski definition) is 4. The Labute approximate surface area is 168 Å². The van der Waals surface area contributed by atoms with Crippen molar-refractivity contribution in [3.63, 3.8) is 0 Å². The first-order chi connectivity index (χ1) is 12.9. The Hall–Kier alpha value is -1.70. The lowest BCUT2D eigenvalue weighted by Gasteiger charge is -2.36. The molecule has 0 bridgehead atoms. The molecule has 1 amide bonds. The Balaban J connectivity index is 1.67. The maximum absolute atomic E-state index is 13.6. The Morgan fingerprint density at radius 3 is 2.41 bits per heavy atom. The van der Waals surface area contributed by atoms with Crippen LogP contribution in [-0.4, -0.2) is 50.4 Å². The molecule has 0 aromatic heterocycles. The fourth-order valence-electron chi connectivity index (χ4n) is 3.88. The predicted octanol–water partition coefficient (Wildman–Crippen LogP) is 2.81. The van der Waals surface area contributed by atoms with E-state index in [9.17, 15) is 13.2 Å². The summed E-state index contributed by atoms with van der Waals surface area (Å²) in [7, 11) is -3.00. The minimum Gasteiger partial charge on any atom is -0.310 e. The molecule has 27 heavy (non-hydrogen) atoms. The maximum Gasteiger partial charge on any atom is 0.248 e. The number of hydrogen-bond donors (Lipinski definition) is 0. The molecule has 0 spiro atoms. The van der Waals surface area contributed by atoms with Crippen LogP contribution in [0.3, 0.4) is 0 Å². The van der Waals surface area contributed by atoms with Crippen LogP contribution in [0.25, 0.3) is 0 Å². The molecule has 2 aliphatic heterocycles.